The van der Waals surface area contributed by atoms with Crippen LogP contribution in [0.5, 0.6) is 0 Å². The summed E-state index contributed by atoms with van der Waals surface area (Å²) < 4.78 is 5.17. The lowest BCUT2D eigenvalue weighted by Crippen LogP contribution is -2.26. The summed E-state index contributed by atoms with van der Waals surface area (Å²) in [6, 6.07) is 2.15. The molecule has 0 saturated carbocycles. The van der Waals surface area contributed by atoms with Crippen LogP contribution in [0.3, 0.4) is 0 Å². The van der Waals surface area contributed by atoms with E-state index in [-0.39, 0.29) is 12.6 Å². The number of carbonyl (C=O) groups is 1. The fourth-order valence-corrected chi connectivity index (χ4v) is 1.60. The molecule has 17 heavy (non-hydrogen) atoms. The Kier molecular flexibility index (Phi) is 4.71. The Bertz CT molecular complexity index is 351. The summed E-state index contributed by atoms with van der Waals surface area (Å²) in [4.78, 5) is 11.6. The molecule has 0 aromatic carbocycles. The van der Waals surface area contributed by atoms with Gasteiger partial charge >= 0.3 is 5.97 Å². The zero-order valence-electron chi connectivity index (χ0n) is 10.8. The van der Waals surface area contributed by atoms with E-state index >= 15 is 0 Å². The molecule has 0 unspecified atom stereocenters. The summed E-state index contributed by atoms with van der Waals surface area (Å²) >= 11 is 0. The van der Waals surface area contributed by atoms with E-state index < -0.39 is 5.41 Å². The number of ether oxygens (including phenoxy) is 1. The Labute approximate surface area is 103 Å². The van der Waals surface area contributed by atoms with Crippen molar-refractivity contribution in [3.8, 4) is 6.07 Å². The minimum Gasteiger partial charge on any atom is -0.460 e. The third-order valence-electron chi connectivity index (χ3n) is 2.73. The Morgan fingerprint density at radius 3 is 2.47 bits per heavy atom. The number of nitriles is 1. The molecule has 1 fully saturated rings. The molecular weight excluding hydrogens is 216 g/mol. The van der Waals surface area contributed by atoms with E-state index in [9.17, 15) is 4.79 Å². The van der Waals surface area contributed by atoms with Gasteiger partial charge in [0.05, 0.1) is 17.1 Å². The number of nitrogens with one attached hydrogen (secondary N) is 1. The first-order valence-electron chi connectivity index (χ1n) is 5.94. The molecule has 0 aromatic rings. The summed E-state index contributed by atoms with van der Waals surface area (Å²) in [5.41, 5.74) is 1.22. The van der Waals surface area contributed by atoms with Gasteiger partial charge in [-0.25, -0.2) is 0 Å². The van der Waals surface area contributed by atoms with Crippen LogP contribution >= 0.6 is 0 Å². The molecule has 0 atom stereocenters. The van der Waals surface area contributed by atoms with Crippen molar-refractivity contribution in [1.29, 1.82) is 5.26 Å². The van der Waals surface area contributed by atoms with Crippen LogP contribution in [-0.4, -0.2) is 25.7 Å². The lowest BCUT2D eigenvalue weighted by Gasteiger charge is -2.19. The first-order chi connectivity index (χ1) is 7.95. The second-order valence-corrected chi connectivity index (χ2v) is 5.27. The average molecular weight is 236 g/mol. The van der Waals surface area contributed by atoms with Gasteiger partial charge in [0.15, 0.2) is 0 Å². The van der Waals surface area contributed by atoms with Gasteiger partial charge in [0.2, 0.25) is 0 Å². The van der Waals surface area contributed by atoms with E-state index in [2.05, 4.69) is 11.4 Å². The van der Waals surface area contributed by atoms with Crippen molar-refractivity contribution in [2.45, 2.75) is 33.6 Å². The molecule has 0 aliphatic carbocycles. The molecular formula is C13H20N2O2. The quantitative estimate of drug-likeness (QED) is 0.586. The molecule has 4 nitrogen and oxygen atoms in total. The third-order valence-corrected chi connectivity index (χ3v) is 2.73. The molecule has 1 N–H and O–H groups in total. The molecule has 94 valence electrons. The standard InChI is InChI=1S/C13H20N2O2/c1-13(2,3)12(16)17-9-11(8-14)10-4-6-15-7-5-10/h15H,4-7,9H2,1-3H3. The predicted octanol–water partition coefficient (Wildman–Crippen LogP) is 1.78. The number of rotatable bonds is 2. The van der Waals surface area contributed by atoms with Gasteiger partial charge in [0.1, 0.15) is 6.61 Å². The predicted molar refractivity (Wildman–Crippen MR) is 65.2 cm³/mol. The zero-order chi connectivity index (χ0) is 12.9. The van der Waals surface area contributed by atoms with Gasteiger partial charge in [-0.05, 0) is 46.7 Å². The fourth-order valence-electron chi connectivity index (χ4n) is 1.60. The number of carbonyl (C=O) groups excluding carboxylic acids is 1. The van der Waals surface area contributed by atoms with Crippen LogP contribution in [0.15, 0.2) is 11.1 Å². The van der Waals surface area contributed by atoms with Crippen molar-refractivity contribution >= 4 is 5.97 Å². The summed E-state index contributed by atoms with van der Waals surface area (Å²) in [7, 11) is 0. The summed E-state index contributed by atoms with van der Waals surface area (Å²) in [6.07, 6.45) is 1.74. The summed E-state index contributed by atoms with van der Waals surface area (Å²) in [6.45, 7) is 7.32. The van der Waals surface area contributed by atoms with Crippen LogP contribution in [0.4, 0.5) is 0 Å². The van der Waals surface area contributed by atoms with Crippen molar-refractivity contribution < 1.29 is 9.53 Å². The number of hydrogen-bond acceptors (Lipinski definition) is 4. The van der Waals surface area contributed by atoms with E-state index in [1.807, 2.05) is 0 Å². The summed E-state index contributed by atoms with van der Waals surface area (Å²) in [5, 5.41) is 12.3. The maximum atomic E-state index is 11.6. The molecule has 0 amide bonds. The van der Waals surface area contributed by atoms with Gasteiger partial charge in [0, 0.05) is 0 Å². The van der Waals surface area contributed by atoms with Gasteiger partial charge in [-0.3, -0.25) is 4.79 Å². The molecule has 1 aliphatic rings. The van der Waals surface area contributed by atoms with E-state index in [1.165, 1.54) is 0 Å². The number of esters is 1. The van der Waals surface area contributed by atoms with E-state index in [0.717, 1.165) is 31.5 Å². The zero-order valence-corrected chi connectivity index (χ0v) is 10.8. The van der Waals surface area contributed by atoms with Gasteiger partial charge in [-0.15, -0.1) is 0 Å². The van der Waals surface area contributed by atoms with Crippen molar-refractivity contribution in [2.24, 2.45) is 5.41 Å². The van der Waals surface area contributed by atoms with Crippen molar-refractivity contribution in [2.75, 3.05) is 19.7 Å². The first-order valence-corrected chi connectivity index (χ1v) is 5.94. The van der Waals surface area contributed by atoms with Gasteiger partial charge in [0.25, 0.3) is 0 Å². The van der Waals surface area contributed by atoms with Crippen LogP contribution in [0.1, 0.15) is 33.6 Å². The second kappa shape index (κ2) is 5.83. The normalized spacial score (nSPS) is 16.2. The molecule has 0 radical (unpaired) electrons. The van der Waals surface area contributed by atoms with E-state index in [4.69, 9.17) is 10.00 Å². The molecule has 1 heterocycles. The van der Waals surface area contributed by atoms with Crippen LogP contribution < -0.4 is 5.32 Å². The molecule has 0 bridgehead atoms. The maximum absolute atomic E-state index is 11.6. The number of hydrogen-bond donors (Lipinski definition) is 1. The molecule has 1 saturated heterocycles. The minimum absolute atomic E-state index is 0.113. The smallest absolute Gasteiger partial charge is 0.311 e. The highest BCUT2D eigenvalue weighted by Crippen LogP contribution is 2.19. The monoisotopic (exact) mass is 236 g/mol. The van der Waals surface area contributed by atoms with Gasteiger partial charge in [-0.1, -0.05) is 5.57 Å². The number of nitrogens with zero attached hydrogens (tertiary/aromatic N) is 1. The molecule has 0 aromatic heterocycles. The number of piperidine rings is 1. The Hall–Kier alpha value is -1.34. The molecule has 1 rings (SSSR count). The topological polar surface area (TPSA) is 62.1 Å². The molecule has 1 aliphatic heterocycles. The summed E-state index contributed by atoms with van der Waals surface area (Å²) in [5.74, 6) is -0.264. The lowest BCUT2D eigenvalue weighted by atomic mass is 9.97. The van der Waals surface area contributed by atoms with E-state index in [1.54, 1.807) is 20.8 Å². The van der Waals surface area contributed by atoms with Crippen LogP contribution in [-0.2, 0) is 9.53 Å². The SMILES string of the molecule is CC(C)(C)C(=O)OCC(C#N)=C1CCNCC1. The highest BCUT2D eigenvalue weighted by atomic mass is 16.5. The second-order valence-electron chi connectivity index (χ2n) is 5.27. The van der Waals surface area contributed by atoms with Crippen LogP contribution in [0.2, 0.25) is 0 Å². The van der Waals surface area contributed by atoms with E-state index in [0.29, 0.717) is 5.57 Å². The van der Waals surface area contributed by atoms with Crippen LogP contribution in [0.25, 0.3) is 0 Å². The lowest BCUT2D eigenvalue weighted by molar-refractivity contribution is -0.151. The van der Waals surface area contributed by atoms with Crippen molar-refractivity contribution in [1.82, 2.24) is 5.32 Å². The average Bonchev–Trinajstić information content (AvgIpc) is 2.29. The van der Waals surface area contributed by atoms with Crippen LogP contribution in [0, 0.1) is 16.7 Å². The third kappa shape index (κ3) is 4.20. The molecule has 4 heteroatoms. The molecule has 0 spiro atoms. The van der Waals surface area contributed by atoms with Gasteiger partial charge < -0.3 is 10.1 Å². The van der Waals surface area contributed by atoms with Crippen molar-refractivity contribution in [3.05, 3.63) is 11.1 Å². The first kappa shape index (κ1) is 13.7. The highest BCUT2D eigenvalue weighted by molar-refractivity contribution is 5.75. The Morgan fingerprint density at radius 2 is 2.00 bits per heavy atom. The van der Waals surface area contributed by atoms with Gasteiger partial charge in [-0.2, -0.15) is 5.26 Å². The Balaban J connectivity index is 2.60. The fraction of sp³-hybridized carbons (Fsp3) is 0.692. The minimum atomic E-state index is -0.515. The largest absolute Gasteiger partial charge is 0.460 e. The maximum Gasteiger partial charge on any atom is 0.311 e. The highest BCUT2D eigenvalue weighted by Gasteiger charge is 2.23. The van der Waals surface area contributed by atoms with Crippen molar-refractivity contribution in [3.63, 3.8) is 0 Å². The Morgan fingerprint density at radius 1 is 1.41 bits per heavy atom.